The molecule has 4 bridgehead atoms. The average Bonchev–Trinajstić information content (AvgIpc) is 2.49. The number of hydrogen-bond acceptors (Lipinski definition) is 1. The van der Waals surface area contributed by atoms with Crippen LogP contribution in [-0.2, 0) is 11.2 Å². The molecule has 0 aromatic heterocycles. The number of carbonyl (C=O) groups is 1. The summed E-state index contributed by atoms with van der Waals surface area (Å²) >= 11 is 6.00. The number of hydrogen-bond donors (Lipinski definition) is 1. The summed E-state index contributed by atoms with van der Waals surface area (Å²) in [7, 11) is 0. The first kappa shape index (κ1) is 16.4. The van der Waals surface area contributed by atoms with Crippen LogP contribution in [0, 0.1) is 29.0 Å². The van der Waals surface area contributed by atoms with E-state index in [0.717, 1.165) is 24.2 Å². The van der Waals surface area contributed by atoms with Crippen LogP contribution in [0.2, 0.25) is 5.02 Å². The molecule has 130 valence electrons. The lowest BCUT2D eigenvalue weighted by Gasteiger charge is -2.57. The fourth-order valence-electron chi connectivity index (χ4n) is 5.99. The average molecular weight is 350 g/mol. The normalized spacial score (nSPS) is 33.7. The molecular weight excluding hydrogens is 325 g/mol. The standard InChI is InChI=1S/C20H25ClFNO/c21-17-2-1-3-18(22)16(17)9-19(24)23-5-4-20-10-13-6-14(11-20)8-15(7-13)12-20/h1-3,13-15H,4-12H2,(H,23,24). The lowest BCUT2D eigenvalue weighted by atomic mass is 9.49. The van der Waals surface area contributed by atoms with Crippen molar-refractivity contribution in [3.63, 3.8) is 0 Å². The fourth-order valence-corrected chi connectivity index (χ4v) is 6.22. The number of rotatable bonds is 5. The van der Waals surface area contributed by atoms with Gasteiger partial charge in [0.2, 0.25) is 5.91 Å². The van der Waals surface area contributed by atoms with Gasteiger partial charge in [0, 0.05) is 17.1 Å². The molecule has 0 heterocycles. The highest BCUT2D eigenvalue weighted by Gasteiger charge is 2.50. The number of carbonyl (C=O) groups excluding carboxylic acids is 1. The molecule has 0 aliphatic heterocycles. The molecule has 4 aliphatic carbocycles. The third kappa shape index (κ3) is 3.20. The highest BCUT2D eigenvalue weighted by molar-refractivity contribution is 6.31. The topological polar surface area (TPSA) is 29.1 Å². The van der Waals surface area contributed by atoms with E-state index >= 15 is 0 Å². The molecule has 24 heavy (non-hydrogen) atoms. The van der Waals surface area contributed by atoms with Crippen molar-refractivity contribution >= 4 is 17.5 Å². The van der Waals surface area contributed by atoms with Crippen molar-refractivity contribution in [2.45, 2.75) is 51.4 Å². The Morgan fingerprint density at radius 3 is 2.38 bits per heavy atom. The molecule has 4 fully saturated rings. The van der Waals surface area contributed by atoms with Crippen molar-refractivity contribution in [2.24, 2.45) is 23.2 Å². The van der Waals surface area contributed by atoms with Crippen molar-refractivity contribution in [1.29, 1.82) is 0 Å². The van der Waals surface area contributed by atoms with E-state index in [1.807, 2.05) is 0 Å². The SMILES string of the molecule is O=C(Cc1c(F)cccc1Cl)NCCC12CC3CC(CC(C3)C1)C2. The number of nitrogens with one attached hydrogen (secondary N) is 1. The van der Waals surface area contributed by atoms with Gasteiger partial charge in [-0.25, -0.2) is 4.39 Å². The van der Waals surface area contributed by atoms with Crippen molar-refractivity contribution < 1.29 is 9.18 Å². The molecule has 4 heteroatoms. The molecule has 2 nitrogen and oxygen atoms in total. The first-order chi connectivity index (χ1) is 11.5. The van der Waals surface area contributed by atoms with Gasteiger partial charge in [-0.15, -0.1) is 0 Å². The molecule has 4 aliphatic rings. The maximum absolute atomic E-state index is 13.8. The quantitative estimate of drug-likeness (QED) is 0.817. The molecule has 4 saturated carbocycles. The van der Waals surface area contributed by atoms with Gasteiger partial charge in [-0.05, 0) is 80.2 Å². The van der Waals surface area contributed by atoms with Crippen LogP contribution in [-0.4, -0.2) is 12.5 Å². The number of halogens is 2. The van der Waals surface area contributed by atoms with Gasteiger partial charge in [-0.2, -0.15) is 0 Å². The Labute approximate surface area is 148 Å². The highest BCUT2D eigenvalue weighted by atomic mass is 35.5. The third-order valence-corrected chi connectivity index (χ3v) is 6.90. The zero-order chi connectivity index (χ0) is 16.7. The molecule has 0 radical (unpaired) electrons. The van der Waals surface area contributed by atoms with Crippen LogP contribution >= 0.6 is 11.6 Å². The zero-order valence-corrected chi connectivity index (χ0v) is 14.7. The molecular formula is C20H25ClFNO. The minimum atomic E-state index is -0.404. The third-order valence-electron chi connectivity index (χ3n) is 6.54. The van der Waals surface area contributed by atoms with Crippen molar-refractivity contribution in [3.05, 3.63) is 34.6 Å². The van der Waals surface area contributed by atoms with Crippen LogP contribution in [0.3, 0.4) is 0 Å². The van der Waals surface area contributed by atoms with E-state index in [2.05, 4.69) is 5.32 Å². The monoisotopic (exact) mass is 349 g/mol. The van der Waals surface area contributed by atoms with E-state index < -0.39 is 5.82 Å². The lowest BCUT2D eigenvalue weighted by Crippen LogP contribution is -2.47. The second-order valence-electron chi connectivity index (χ2n) is 8.39. The van der Waals surface area contributed by atoms with Crippen LogP contribution < -0.4 is 5.32 Å². The van der Waals surface area contributed by atoms with Crippen LogP contribution in [0.5, 0.6) is 0 Å². The van der Waals surface area contributed by atoms with Crippen LogP contribution in [0.4, 0.5) is 4.39 Å². The van der Waals surface area contributed by atoms with Gasteiger partial charge in [0.25, 0.3) is 0 Å². The summed E-state index contributed by atoms with van der Waals surface area (Å²) in [5.74, 6) is 2.27. The predicted octanol–water partition coefficient (Wildman–Crippen LogP) is 4.74. The summed E-state index contributed by atoms with van der Waals surface area (Å²) in [6.07, 6.45) is 9.49. The van der Waals surface area contributed by atoms with E-state index in [9.17, 15) is 9.18 Å². The predicted molar refractivity (Wildman–Crippen MR) is 93.3 cm³/mol. The van der Waals surface area contributed by atoms with Gasteiger partial charge < -0.3 is 5.32 Å². The van der Waals surface area contributed by atoms with Crippen LogP contribution in [0.25, 0.3) is 0 Å². The van der Waals surface area contributed by atoms with Crippen molar-refractivity contribution in [2.75, 3.05) is 6.54 Å². The summed E-state index contributed by atoms with van der Waals surface area (Å²) in [5, 5.41) is 3.32. The second-order valence-corrected chi connectivity index (χ2v) is 8.80. The summed E-state index contributed by atoms with van der Waals surface area (Å²) in [6, 6.07) is 4.54. The van der Waals surface area contributed by atoms with Gasteiger partial charge in [0.1, 0.15) is 5.82 Å². The highest BCUT2D eigenvalue weighted by Crippen LogP contribution is 2.61. The molecule has 0 atom stereocenters. The molecule has 5 rings (SSSR count). The number of amides is 1. The van der Waals surface area contributed by atoms with Gasteiger partial charge in [0.15, 0.2) is 0 Å². The summed E-state index contributed by atoms with van der Waals surface area (Å²) < 4.78 is 13.8. The summed E-state index contributed by atoms with van der Waals surface area (Å²) in [4.78, 5) is 12.2. The fraction of sp³-hybridized carbons (Fsp3) is 0.650. The Kier molecular flexibility index (Phi) is 4.32. The summed E-state index contributed by atoms with van der Waals surface area (Å²) in [6.45, 7) is 0.705. The largest absolute Gasteiger partial charge is 0.356 e. The Morgan fingerprint density at radius 2 is 1.79 bits per heavy atom. The van der Waals surface area contributed by atoms with E-state index in [-0.39, 0.29) is 12.3 Å². The first-order valence-electron chi connectivity index (χ1n) is 9.23. The maximum atomic E-state index is 13.8. The second kappa shape index (κ2) is 6.33. The smallest absolute Gasteiger partial charge is 0.224 e. The van der Waals surface area contributed by atoms with Gasteiger partial charge >= 0.3 is 0 Å². The molecule has 1 aromatic rings. The number of benzene rings is 1. The minimum Gasteiger partial charge on any atom is -0.356 e. The zero-order valence-electron chi connectivity index (χ0n) is 14.0. The molecule has 1 N–H and O–H groups in total. The Morgan fingerprint density at radius 1 is 1.17 bits per heavy atom. The Balaban J connectivity index is 1.31. The van der Waals surface area contributed by atoms with Gasteiger partial charge in [0.05, 0.1) is 6.42 Å². The maximum Gasteiger partial charge on any atom is 0.224 e. The lowest BCUT2D eigenvalue weighted by molar-refractivity contribution is -0.120. The molecule has 0 spiro atoms. The van der Waals surface area contributed by atoms with Crippen LogP contribution in [0.1, 0.15) is 50.5 Å². The van der Waals surface area contributed by atoms with E-state index in [1.165, 1.54) is 44.6 Å². The van der Waals surface area contributed by atoms with Crippen molar-refractivity contribution in [3.8, 4) is 0 Å². The van der Waals surface area contributed by atoms with E-state index in [4.69, 9.17) is 11.6 Å². The first-order valence-corrected chi connectivity index (χ1v) is 9.60. The van der Waals surface area contributed by atoms with Gasteiger partial charge in [-0.1, -0.05) is 17.7 Å². The molecule has 0 unspecified atom stereocenters. The minimum absolute atomic E-state index is 0.0202. The molecule has 1 aromatic carbocycles. The molecule has 1 amide bonds. The Hall–Kier alpha value is -1.09. The summed E-state index contributed by atoms with van der Waals surface area (Å²) in [5.41, 5.74) is 0.768. The van der Waals surface area contributed by atoms with E-state index in [0.29, 0.717) is 22.5 Å². The van der Waals surface area contributed by atoms with Crippen LogP contribution in [0.15, 0.2) is 18.2 Å². The Bertz CT molecular complexity index is 589. The molecule has 0 saturated heterocycles. The van der Waals surface area contributed by atoms with E-state index in [1.54, 1.807) is 12.1 Å². The van der Waals surface area contributed by atoms with Gasteiger partial charge in [-0.3, -0.25) is 4.79 Å². The van der Waals surface area contributed by atoms with Crippen molar-refractivity contribution in [1.82, 2.24) is 5.32 Å².